The van der Waals surface area contributed by atoms with Crippen LogP contribution in [0, 0.1) is 0 Å². The smallest absolute Gasteiger partial charge is 0.231 e. The second kappa shape index (κ2) is 7.17. The predicted molar refractivity (Wildman–Crippen MR) is 83.7 cm³/mol. The average molecular weight is 308 g/mol. The molecule has 22 heavy (non-hydrogen) atoms. The summed E-state index contributed by atoms with van der Waals surface area (Å²) in [5.41, 5.74) is 1.05. The van der Waals surface area contributed by atoms with Crippen LogP contribution < -0.4 is 14.4 Å². The highest BCUT2D eigenvalue weighted by atomic mass is 16.7. The summed E-state index contributed by atoms with van der Waals surface area (Å²) in [6.07, 6.45) is -0.386. The fourth-order valence-corrected chi connectivity index (χ4v) is 2.89. The third-order valence-corrected chi connectivity index (χ3v) is 4.11. The molecule has 0 radical (unpaired) electrons. The quantitative estimate of drug-likeness (QED) is 0.844. The second-order valence-corrected chi connectivity index (χ2v) is 5.64. The van der Waals surface area contributed by atoms with Crippen LogP contribution in [0.5, 0.6) is 11.5 Å². The lowest BCUT2D eigenvalue weighted by Crippen LogP contribution is -2.44. The first-order valence-electron chi connectivity index (χ1n) is 7.89. The molecule has 2 aliphatic rings. The van der Waals surface area contributed by atoms with Gasteiger partial charge in [0.25, 0.3) is 0 Å². The molecule has 1 aromatic carbocycles. The maximum atomic E-state index is 10.4. The summed E-state index contributed by atoms with van der Waals surface area (Å²) >= 11 is 0. The highest BCUT2D eigenvalue weighted by Crippen LogP contribution is 2.35. The van der Waals surface area contributed by atoms with Crippen molar-refractivity contribution in [2.24, 2.45) is 0 Å². The van der Waals surface area contributed by atoms with E-state index in [9.17, 15) is 5.11 Å². The first-order valence-corrected chi connectivity index (χ1v) is 7.89. The van der Waals surface area contributed by atoms with Gasteiger partial charge in [-0.2, -0.15) is 0 Å². The Labute approximate surface area is 131 Å². The number of aliphatic hydroxyl groups is 1. The molecule has 2 aliphatic heterocycles. The first kappa shape index (κ1) is 15.4. The zero-order valence-corrected chi connectivity index (χ0v) is 13.0. The average Bonchev–Trinajstić information content (AvgIpc) is 3.01. The third kappa shape index (κ3) is 3.63. The Bertz CT molecular complexity index is 491. The van der Waals surface area contributed by atoms with Gasteiger partial charge in [-0.05, 0) is 19.1 Å². The Balaban J connectivity index is 1.58. The summed E-state index contributed by atoms with van der Waals surface area (Å²) < 4.78 is 16.1. The van der Waals surface area contributed by atoms with Crippen LogP contribution in [0.4, 0.5) is 5.69 Å². The number of ether oxygens (including phenoxy) is 3. The van der Waals surface area contributed by atoms with Gasteiger partial charge in [-0.25, -0.2) is 0 Å². The van der Waals surface area contributed by atoms with Crippen molar-refractivity contribution in [3.63, 3.8) is 0 Å². The highest BCUT2D eigenvalue weighted by Gasteiger charge is 2.19. The lowest BCUT2D eigenvalue weighted by atomic mass is 10.2. The number of aliphatic hydroxyl groups excluding tert-OH is 1. The van der Waals surface area contributed by atoms with Crippen LogP contribution in [0.3, 0.4) is 0 Å². The molecule has 1 fully saturated rings. The predicted octanol–water partition coefficient (Wildman–Crippen LogP) is 0.935. The van der Waals surface area contributed by atoms with E-state index < -0.39 is 0 Å². The second-order valence-electron chi connectivity index (χ2n) is 5.64. The van der Waals surface area contributed by atoms with E-state index in [1.54, 1.807) is 0 Å². The Kier molecular flexibility index (Phi) is 5.02. The number of anilines is 1. The number of likely N-dealkylation sites (N-methyl/N-ethyl adjacent to an activating group) is 1. The van der Waals surface area contributed by atoms with E-state index in [2.05, 4.69) is 16.7 Å². The highest BCUT2D eigenvalue weighted by molar-refractivity contribution is 5.57. The molecule has 2 heterocycles. The van der Waals surface area contributed by atoms with Crippen LogP contribution in [0.25, 0.3) is 0 Å². The van der Waals surface area contributed by atoms with Gasteiger partial charge in [0, 0.05) is 44.5 Å². The molecule has 0 aromatic heterocycles. The molecule has 122 valence electrons. The molecule has 1 aromatic rings. The van der Waals surface area contributed by atoms with Crippen LogP contribution in [-0.4, -0.2) is 68.8 Å². The molecule has 6 nitrogen and oxygen atoms in total. The van der Waals surface area contributed by atoms with Gasteiger partial charge in [0.2, 0.25) is 6.79 Å². The molecule has 1 atom stereocenters. The fraction of sp³-hybridized carbons (Fsp3) is 0.625. The van der Waals surface area contributed by atoms with E-state index in [4.69, 9.17) is 14.2 Å². The first-order chi connectivity index (χ1) is 10.8. The molecule has 1 N–H and O–H groups in total. The maximum absolute atomic E-state index is 10.4. The van der Waals surface area contributed by atoms with Gasteiger partial charge in [-0.1, -0.05) is 0 Å². The Morgan fingerprint density at radius 1 is 1.23 bits per heavy atom. The molecule has 0 aliphatic carbocycles. The van der Waals surface area contributed by atoms with Crippen LogP contribution in [0.2, 0.25) is 0 Å². The van der Waals surface area contributed by atoms with Crippen molar-refractivity contribution in [3.8, 4) is 11.5 Å². The van der Waals surface area contributed by atoms with E-state index in [0.29, 0.717) is 13.1 Å². The molecular formula is C16H24N2O4. The lowest BCUT2D eigenvalue weighted by Gasteiger charge is -2.31. The number of benzene rings is 1. The number of nitrogens with zero attached hydrogens (tertiary/aromatic N) is 2. The molecule has 0 amide bonds. The SMILES string of the molecule is CCN(CC(O)CN1CCOCC1)c1ccc2c(c1)OCO2. The van der Waals surface area contributed by atoms with E-state index in [1.807, 2.05) is 18.2 Å². The topological polar surface area (TPSA) is 54.4 Å². The van der Waals surface area contributed by atoms with Gasteiger partial charge in [0.1, 0.15) is 0 Å². The van der Waals surface area contributed by atoms with Gasteiger partial charge in [-0.15, -0.1) is 0 Å². The van der Waals surface area contributed by atoms with Crippen LogP contribution in [0.1, 0.15) is 6.92 Å². The molecule has 3 rings (SSSR count). The van der Waals surface area contributed by atoms with Crippen molar-refractivity contribution < 1.29 is 19.3 Å². The molecular weight excluding hydrogens is 284 g/mol. The molecule has 1 saturated heterocycles. The number of hydrogen-bond donors (Lipinski definition) is 1. The van der Waals surface area contributed by atoms with Gasteiger partial charge in [0.15, 0.2) is 11.5 Å². The van der Waals surface area contributed by atoms with Gasteiger partial charge < -0.3 is 24.2 Å². The zero-order chi connectivity index (χ0) is 15.4. The monoisotopic (exact) mass is 308 g/mol. The molecule has 0 saturated carbocycles. The Hall–Kier alpha value is -1.50. The largest absolute Gasteiger partial charge is 0.454 e. The van der Waals surface area contributed by atoms with E-state index in [1.165, 1.54) is 0 Å². The minimum absolute atomic E-state index is 0.282. The number of hydrogen-bond acceptors (Lipinski definition) is 6. The third-order valence-electron chi connectivity index (χ3n) is 4.11. The minimum Gasteiger partial charge on any atom is -0.454 e. The summed E-state index contributed by atoms with van der Waals surface area (Å²) in [5.74, 6) is 1.56. The minimum atomic E-state index is -0.386. The molecule has 0 spiro atoms. The van der Waals surface area contributed by atoms with Crippen molar-refractivity contribution in [2.75, 3.05) is 57.6 Å². The number of fused-ring (bicyclic) bond motifs is 1. The number of β-amino-alcohol motifs (C(OH)–C–C–N with tert-alkyl or cyclic N) is 1. The Morgan fingerprint density at radius 3 is 2.77 bits per heavy atom. The van der Waals surface area contributed by atoms with Crippen LogP contribution >= 0.6 is 0 Å². The molecule has 0 bridgehead atoms. The summed E-state index contributed by atoms with van der Waals surface area (Å²) in [4.78, 5) is 4.41. The van der Waals surface area contributed by atoms with Crippen molar-refractivity contribution in [2.45, 2.75) is 13.0 Å². The number of rotatable bonds is 6. The van der Waals surface area contributed by atoms with E-state index in [-0.39, 0.29) is 12.9 Å². The van der Waals surface area contributed by atoms with E-state index >= 15 is 0 Å². The maximum Gasteiger partial charge on any atom is 0.231 e. The summed E-state index contributed by atoms with van der Waals surface area (Å²) in [6.45, 7) is 7.80. The van der Waals surface area contributed by atoms with Crippen molar-refractivity contribution in [1.82, 2.24) is 4.90 Å². The normalized spacial score (nSPS) is 19.2. The van der Waals surface area contributed by atoms with Gasteiger partial charge in [-0.3, -0.25) is 4.90 Å². The molecule has 1 unspecified atom stereocenters. The van der Waals surface area contributed by atoms with E-state index in [0.717, 1.165) is 50.0 Å². The lowest BCUT2D eigenvalue weighted by molar-refractivity contribution is 0.0161. The summed E-state index contributed by atoms with van der Waals surface area (Å²) in [6, 6.07) is 5.92. The van der Waals surface area contributed by atoms with Crippen molar-refractivity contribution in [1.29, 1.82) is 0 Å². The van der Waals surface area contributed by atoms with Crippen molar-refractivity contribution in [3.05, 3.63) is 18.2 Å². The summed E-state index contributed by atoms with van der Waals surface area (Å²) in [7, 11) is 0. The van der Waals surface area contributed by atoms with Gasteiger partial charge in [0.05, 0.1) is 19.3 Å². The van der Waals surface area contributed by atoms with Crippen LogP contribution in [-0.2, 0) is 4.74 Å². The zero-order valence-electron chi connectivity index (χ0n) is 13.0. The van der Waals surface area contributed by atoms with Crippen molar-refractivity contribution >= 4 is 5.69 Å². The van der Waals surface area contributed by atoms with Gasteiger partial charge >= 0.3 is 0 Å². The Morgan fingerprint density at radius 2 is 2.00 bits per heavy atom. The summed E-state index contributed by atoms with van der Waals surface area (Å²) in [5, 5.41) is 10.4. The van der Waals surface area contributed by atoms with Crippen LogP contribution in [0.15, 0.2) is 18.2 Å². The standard InChI is InChI=1S/C16H24N2O4/c1-2-18(11-14(19)10-17-5-7-20-8-6-17)13-3-4-15-16(9-13)22-12-21-15/h3-4,9,14,19H,2,5-8,10-12H2,1H3. The fourth-order valence-electron chi connectivity index (χ4n) is 2.89. The molecule has 6 heteroatoms. The number of morpholine rings is 1.